The first-order chi connectivity index (χ1) is 13.5. The molecule has 0 bridgehead atoms. The minimum atomic E-state index is -0.615. The molecule has 0 aliphatic heterocycles. The average molecular weight is 375 g/mol. The molecule has 0 aliphatic carbocycles. The molecule has 0 fully saturated rings. The number of para-hydroxylation sites is 1. The predicted octanol–water partition coefficient (Wildman–Crippen LogP) is 4.48. The van der Waals surface area contributed by atoms with Crippen molar-refractivity contribution in [3.63, 3.8) is 0 Å². The lowest BCUT2D eigenvalue weighted by molar-refractivity contribution is -0.384. The Kier molecular flexibility index (Phi) is 4.71. The van der Waals surface area contributed by atoms with Gasteiger partial charge in [-0.25, -0.2) is 0 Å². The highest BCUT2D eigenvalue weighted by atomic mass is 16.6. The molecule has 4 aromatic rings. The second-order valence-corrected chi connectivity index (χ2v) is 6.99. The van der Waals surface area contributed by atoms with Crippen molar-refractivity contribution >= 4 is 33.2 Å². The van der Waals surface area contributed by atoms with E-state index < -0.39 is 6.10 Å². The van der Waals surface area contributed by atoms with Crippen LogP contribution < -0.4 is 5.32 Å². The Bertz CT molecular complexity index is 1150. The fourth-order valence-corrected chi connectivity index (χ4v) is 3.53. The van der Waals surface area contributed by atoms with Crippen molar-refractivity contribution in [1.82, 2.24) is 4.57 Å². The summed E-state index contributed by atoms with van der Waals surface area (Å²) < 4.78 is 2.02. The van der Waals surface area contributed by atoms with Crippen molar-refractivity contribution in [2.75, 3.05) is 11.9 Å². The Labute approximate surface area is 162 Å². The van der Waals surface area contributed by atoms with Crippen LogP contribution >= 0.6 is 0 Å². The minimum Gasteiger partial charge on any atom is -0.389 e. The first-order valence-corrected chi connectivity index (χ1v) is 9.17. The lowest BCUT2D eigenvalue weighted by atomic mass is 10.1. The van der Waals surface area contributed by atoms with Gasteiger partial charge >= 0.3 is 0 Å². The molecule has 0 saturated carbocycles. The topological polar surface area (TPSA) is 80.3 Å². The van der Waals surface area contributed by atoms with Gasteiger partial charge in [-0.1, -0.05) is 35.9 Å². The molecule has 2 N–H and O–H groups in total. The summed E-state index contributed by atoms with van der Waals surface area (Å²) >= 11 is 0. The Morgan fingerprint density at radius 3 is 2.50 bits per heavy atom. The van der Waals surface area contributed by atoms with Crippen molar-refractivity contribution in [2.45, 2.75) is 19.6 Å². The largest absolute Gasteiger partial charge is 0.389 e. The van der Waals surface area contributed by atoms with Crippen molar-refractivity contribution in [3.05, 3.63) is 82.4 Å². The summed E-state index contributed by atoms with van der Waals surface area (Å²) in [6, 6.07) is 20.7. The molecule has 0 radical (unpaired) electrons. The summed E-state index contributed by atoms with van der Waals surface area (Å²) in [5, 5.41) is 26.8. The van der Waals surface area contributed by atoms with E-state index in [-0.39, 0.29) is 10.6 Å². The van der Waals surface area contributed by atoms with Crippen LogP contribution in [0.15, 0.2) is 66.7 Å². The Hall–Kier alpha value is -3.38. The fourth-order valence-electron chi connectivity index (χ4n) is 3.53. The molecule has 6 nitrogen and oxygen atoms in total. The lowest BCUT2D eigenvalue weighted by Crippen LogP contribution is -2.24. The van der Waals surface area contributed by atoms with Gasteiger partial charge in [0.05, 0.1) is 17.6 Å². The van der Waals surface area contributed by atoms with Crippen LogP contribution in [0.25, 0.3) is 21.8 Å². The number of aromatic nitrogens is 1. The van der Waals surface area contributed by atoms with E-state index in [1.54, 1.807) is 12.1 Å². The SMILES string of the molecule is Cc1ccc(NCC(O)Cn2c3ccccc3c3cc([N+](=O)[O-])ccc32)cc1. The maximum atomic E-state index is 11.2. The highest BCUT2D eigenvalue weighted by molar-refractivity contribution is 6.08. The van der Waals surface area contributed by atoms with Crippen molar-refractivity contribution in [3.8, 4) is 0 Å². The third-order valence-electron chi connectivity index (χ3n) is 4.95. The summed E-state index contributed by atoms with van der Waals surface area (Å²) in [5.41, 5.74) is 4.04. The van der Waals surface area contributed by atoms with E-state index in [1.165, 1.54) is 11.6 Å². The molecule has 0 saturated heterocycles. The number of hydrogen-bond acceptors (Lipinski definition) is 4. The third-order valence-corrected chi connectivity index (χ3v) is 4.95. The molecule has 28 heavy (non-hydrogen) atoms. The number of aryl methyl sites for hydroxylation is 1. The van der Waals surface area contributed by atoms with Crippen molar-refractivity contribution < 1.29 is 10.0 Å². The molecular weight excluding hydrogens is 354 g/mol. The zero-order valence-electron chi connectivity index (χ0n) is 15.5. The van der Waals surface area contributed by atoms with E-state index in [0.717, 1.165) is 27.5 Å². The number of fused-ring (bicyclic) bond motifs is 3. The molecule has 1 unspecified atom stereocenters. The molecule has 0 spiro atoms. The zero-order chi connectivity index (χ0) is 19.7. The standard InChI is InChI=1S/C22H21N3O3/c1-15-6-8-16(9-7-15)23-13-18(26)14-24-21-5-3-2-4-19(21)20-12-17(25(27)28)10-11-22(20)24/h2-12,18,23,26H,13-14H2,1H3. The number of anilines is 1. The first-order valence-electron chi connectivity index (χ1n) is 9.17. The monoisotopic (exact) mass is 375 g/mol. The van der Waals surface area contributed by atoms with Crippen LogP contribution in [-0.2, 0) is 6.54 Å². The molecular formula is C22H21N3O3. The smallest absolute Gasteiger partial charge is 0.270 e. The summed E-state index contributed by atoms with van der Waals surface area (Å²) in [7, 11) is 0. The van der Waals surface area contributed by atoms with E-state index in [1.807, 2.05) is 60.0 Å². The molecule has 1 aromatic heterocycles. The van der Waals surface area contributed by atoms with Gasteiger partial charge in [0.2, 0.25) is 0 Å². The maximum Gasteiger partial charge on any atom is 0.270 e. The average Bonchev–Trinajstić information content (AvgIpc) is 3.01. The number of rotatable bonds is 6. The van der Waals surface area contributed by atoms with E-state index in [0.29, 0.717) is 13.1 Å². The second kappa shape index (κ2) is 7.32. The van der Waals surface area contributed by atoms with Gasteiger partial charge in [0.15, 0.2) is 0 Å². The van der Waals surface area contributed by atoms with E-state index in [4.69, 9.17) is 0 Å². The number of nitro benzene ring substituents is 1. The number of non-ortho nitro benzene ring substituents is 1. The number of nitro groups is 1. The molecule has 1 atom stereocenters. The summed E-state index contributed by atoms with van der Waals surface area (Å²) in [4.78, 5) is 10.8. The molecule has 142 valence electrons. The van der Waals surface area contributed by atoms with Gasteiger partial charge < -0.3 is 15.0 Å². The quantitative estimate of drug-likeness (QED) is 0.384. The van der Waals surface area contributed by atoms with E-state index in [9.17, 15) is 15.2 Å². The zero-order valence-corrected chi connectivity index (χ0v) is 15.5. The fraction of sp³-hybridized carbons (Fsp3) is 0.182. The lowest BCUT2D eigenvalue weighted by Gasteiger charge is -2.15. The number of hydrogen-bond donors (Lipinski definition) is 2. The number of aliphatic hydroxyl groups excluding tert-OH is 1. The van der Waals surface area contributed by atoms with Gasteiger partial charge in [-0.2, -0.15) is 0 Å². The molecule has 6 heteroatoms. The van der Waals surface area contributed by atoms with Gasteiger partial charge in [0, 0.05) is 46.2 Å². The minimum absolute atomic E-state index is 0.0667. The van der Waals surface area contributed by atoms with Crippen LogP contribution in [0.3, 0.4) is 0 Å². The molecule has 4 rings (SSSR count). The van der Waals surface area contributed by atoms with Gasteiger partial charge in [0.25, 0.3) is 5.69 Å². The highest BCUT2D eigenvalue weighted by Crippen LogP contribution is 2.31. The van der Waals surface area contributed by atoms with Crippen LogP contribution in [0.1, 0.15) is 5.56 Å². The number of aliphatic hydroxyl groups is 1. The van der Waals surface area contributed by atoms with Gasteiger partial charge in [-0.15, -0.1) is 0 Å². The third kappa shape index (κ3) is 3.42. The van der Waals surface area contributed by atoms with E-state index in [2.05, 4.69) is 5.32 Å². The van der Waals surface area contributed by atoms with E-state index >= 15 is 0 Å². The van der Waals surface area contributed by atoms with Crippen LogP contribution in [0.2, 0.25) is 0 Å². The van der Waals surface area contributed by atoms with Crippen LogP contribution in [-0.4, -0.2) is 27.2 Å². The number of nitrogens with zero attached hydrogens (tertiary/aromatic N) is 2. The highest BCUT2D eigenvalue weighted by Gasteiger charge is 2.16. The maximum absolute atomic E-state index is 11.2. The summed E-state index contributed by atoms with van der Waals surface area (Å²) in [6.07, 6.45) is -0.615. The number of nitrogens with one attached hydrogen (secondary N) is 1. The molecule has 0 amide bonds. The molecule has 3 aromatic carbocycles. The van der Waals surface area contributed by atoms with Gasteiger partial charge in [0.1, 0.15) is 0 Å². The Morgan fingerprint density at radius 1 is 1.04 bits per heavy atom. The van der Waals surface area contributed by atoms with Crippen LogP contribution in [0, 0.1) is 17.0 Å². The normalized spacial score (nSPS) is 12.4. The molecule has 0 aliphatic rings. The second-order valence-electron chi connectivity index (χ2n) is 6.99. The first kappa shape index (κ1) is 18.0. The van der Waals surface area contributed by atoms with Crippen molar-refractivity contribution in [1.29, 1.82) is 0 Å². The summed E-state index contributed by atoms with van der Waals surface area (Å²) in [6.45, 7) is 2.83. The Balaban J connectivity index is 1.63. The van der Waals surface area contributed by atoms with Crippen LogP contribution in [0.5, 0.6) is 0 Å². The summed E-state index contributed by atoms with van der Waals surface area (Å²) in [5.74, 6) is 0. The van der Waals surface area contributed by atoms with Crippen molar-refractivity contribution in [2.24, 2.45) is 0 Å². The predicted molar refractivity (Wildman–Crippen MR) is 112 cm³/mol. The Morgan fingerprint density at radius 2 is 1.75 bits per heavy atom. The van der Waals surface area contributed by atoms with Gasteiger partial charge in [-0.3, -0.25) is 10.1 Å². The van der Waals surface area contributed by atoms with Gasteiger partial charge in [-0.05, 0) is 31.2 Å². The van der Waals surface area contributed by atoms with Crippen LogP contribution in [0.4, 0.5) is 11.4 Å². The number of benzene rings is 3. The molecule has 1 heterocycles.